The Balaban J connectivity index is 1.63. The van der Waals surface area contributed by atoms with Crippen molar-refractivity contribution in [3.63, 3.8) is 0 Å². The largest absolute Gasteiger partial charge is 0.484 e. The third kappa shape index (κ3) is 5.65. The van der Waals surface area contributed by atoms with Gasteiger partial charge in [-0.15, -0.1) is 0 Å². The molecule has 2 amide bonds. The summed E-state index contributed by atoms with van der Waals surface area (Å²) in [5.74, 6) is -0.619. The van der Waals surface area contributed by atoms with E-state index in [2.05, 4.69) is 5.32 Å². The van der Waals surface area contributed by atoms with E-state index in [0.717, 1.165) is 5.56 Å². The van der Waals surface area contributed by atoms with E-state index in [-0.39, 0.29) is 18.3 Å². The van der Waals surface area contributed by atoms with Crippen LogP contribution >= 0.6 is 0 Å². The molecular formula is C23H21FN2O3. The average Bonchev–Trinajstić information content (AvgIpc) is 2.74. The van der Waals surface area contributed by atoms with Gasteiger partial charge in [-0.3, -0.25) is 9.59 Å². The van der Waals surface area contributed by atoms with Gasteiger partial charge in [0.05, 0.1) is 11.3 Å². The van der Waals surface area contributed by atoms with E-state index in [1.165, 1.54) is 24.3 Å². The molecule has 3 aromatic rings. The van der Waals surface area contributed by atoms with Crippen molar-refractivity contribution in [2.24, 2.45) is 0 Å². The molecule has 0 bridgehead atoms. The number of rotatable bonds is 7. The standard InChI is InChI=1S/C23H21FN2O3/c1-26(15-17-7-3-2-4-8-17)23(28)20-9-5-6-10-21(20)25-22(27)16-29-19-13-11-18(24)12-14-19/h2-14H,15-16H2,1H3,(H,25,27). The second-order valence-corrected chi connectivity index (χ2v) is 6.48. The summed E-state index contributed by atoms with van der Waals surface area (Å²) in [6.07, 6.45) is 0. The number of hydrogen-bond donors (Lipinski definition) is 1. The van der Waals surface area contributed by atoms with Crippen LogP contribution in [0.1, 0.15) is 15.9 Å². The van der Waals surface area contributed by atoms with Crippen LogP contribution in [0.3, 0.4) is 0 Å². The van der Waals surface area contributed by atoms with Gasteiger partial charge in [0.1, 0.15) is 11.6 Å². The first-order valence-corrected chi connectivity index (χ1v) is 9.09. The number of nitrogens with one attached hydrogen (secondary N) is 1. The molecule has 0 heterocycles. The van der Waals surface area contributed by atoms with Crippen molar-refractivity contribution in [3.8, 4) is 5.75 Å². The fourth-order valence-corrected chi connectivity index (χ4v) is 2.78. The van der Waals surface area contributed by atoms with Crippen molar-refractivity contribution >= 4 is 17.5 Å². The molecule has 148 valence electrons. The molecule has 0 radical (unpaired) electrons. The molecule has 29 heavy (non-hydrogen) atoms. The number of hydrogen-bond acceptors (Lipinski definition) is 3. The minimum Gasteiger partial charge on any atom is -0.484 e. The van der Waals surface area contributed by atoms with Crippen LogP contribution in [0, 0.1) is 5.82 Å². The van der Waals surface area contributed by atoms with Crippen molar-refractivity contribution in [2.45, 2.75) is 6.54 Å². The summed E-state index contributed by atoms with van der Waals surface area (Å²) >= 11 is 0. The predicted octanol–water partition coefficient (Wildman–Crippen LogP) is 4.12. The Morgan fingerprint density at radius 1 is 0.931 bits per heavy atom. The Bertz CT molecular complexity index is 975. The van der Waals surface area contributed by atoms with Gasteiger partial charge >= 0.3 is 0 Å². The number of nitrogens with zero attached hydrogens (tertiary/aromatic N) is 1. The van der Waals surface area contributed by atoms with Gasteiger partial charge in [-0.25, -0.2) is 4.39 Å². The molecule has 0 atom stereocenters. The van der Waals surface area contributed by atoms with Crippen LogP contribution in [-0.2, 0) is 11.3 Å². The number of anilines is 1. The van der Waals surface area contributed by atoms with Crippen molar-refractivity contribution < 1.29 is 18.7 Å². The minimum atomic E-state index is -0.416. The van der Waals surface area contributed by atoms with Crippen LogP contribution in [0.4, 0.5) is 10.1 Å². The highest BCUT2D eigenvalue weighted by Crippen LogP contribution is 2.18. The lowest BCUT2D eigenvalue weighted by molar-refractivity contribution is -0.118. The topological polar surface area (TPSA) is 58.6 Å². The number of amides is 2. The lowest BCUT2D eigenvalue weighted by Crippen LogP contribution is -2.28. The van der Waals surface area contributed by atoms with Gasteiger partial charge in [-0.05, 0) is 42.0 Å². The minimum absolute atomic E-state index is 0.204. The van der Waals surface area contributed by atoms with E-state index in [1.807, 2.05) is 30.3 Å². The van der Waals surface area contributed by atoms with Crippen molar-refractivity contribution in [2.75, 3.05) is 19.0 Å². The summed E-state index contributed by atoms with van der Waals surface area (Å²) in [6, 6.07) is 21.9. The van der Waals surface area contributed by atoms with Crippen LogP contribution in [0.25, 0.3) is 0 Å². The van der Waals surface area contributed by atoms with Crippen LogP contribution in [0.5, 0.6) is 5.75 Å². The van der Waals surface area contributed by atoms with Crippen molar-refractivity contribution in [1.82, 2.24) is 4.90 Å². The van der Waals surface area contributed by atoms with E-state index < -0.39 is 5.91 Å². The van der Waals surface area contributed by atoms with Crippen LogP contribution in [0.15, 0.2) is 78.9 Å². The first-order chi connectivity index (χ1) is 14.0. The summed E-state index contributed by atoms with van der Waals surface area (Å²) in [5, 5.41) is 2.71. The quantitative estimate of drug-likeness (QED) is 0.658. The maximum absolute atomic E-state index is 12.9. The Kier molecular flexibility index (Phi) is 6.58. The zero-order valence-electron chi connectivity index (χ0n) is 16.0. The number of carbonyl (C=O) groups excluding carboxylic acids is 2. The molecule has 3 rings (SSSR count). The molecule has 0 unspecified atom stereocenters. The SMILES string of the molecule is CN(Cc1ccccc1)C(=O)c1ccccc1NC(=O)COc1ccc(F)cc1. The molecule has 0 aliphatic carbocycles. The molecular weight excluding hydrogens is 371 g/mol. The van der Waals surface area contributed by atoms with E-state index in [4.69, 9.17) is 4.74 Å². The number of halogens is 1. The monoisotopic (exact) mass is 392 g/mol. The number of benzene rings is 3. The van der Waals surface area contributed by atoms with Crippen molar-refractivity contribution in [3.05, 3.63) is 95.8 Å². The predicted molar refractivity (Wildman–Crippen MR) is 109 cm³/mol. The fourth-order valence-electron chi connectivity index (χ4n) is 2.78. The van der Waals surface area contributed by atoms with Crippen LogP contribution < -0.4 is 10.1 Å². The number of carbonyl (C=O) groups is 2. The summed E-state index contributed by atoms with van der Waals surface area (Å²) in [4.78, 5) is 26.7. The number of para-hydroxylation sites is 1. The molecule has 0 spiro atoms. The fraction of sp³-hybridized carbons (Fsp3) is 0.130. The molecule has 0 aromatic heterocycles. The normalized spacial score (nSPS) is 10.3. The highest BCUT2D eigenvalue weighted by Gasteiger charge is 2.17. The van der Waals surface area contributed by atoms with Gasteiger partial charge < -0.3 is 15.0 Å². The molecule has 1 N–H and O–H groups in total. The Morgan fingerprint density at radius 3 is 2.31 bits per heavy atom. The summed E-state index contributed by atoms with van der Waals surface area (Å²) in [6.45, 7) is 0.198. The van der Waals surface area contributed by atoms with E-state index >= 15 is 0 Å². The van der Waals surface area contributed by atoms with Gasteiger partial charge in [0.15, 0.2) is 6.61 Å². The highest BCUT2D eigenvalue weighted by molar-refractivity contribution is 6.03. The Hall–Kier alpha value is -3.67. The van der Waals surface area contributed by atoms with E-state index in [0.29, 0.717) is 23.5 Å². The van der Waals surface area contributed by atoms with E-state index in [9.17, 15) is 14.0 Å². The molecule has 0 fully saturated rings. The summed E-state index contributed by atoms with van der Waals surface area (Å²) in [5.41, 5.74) is 1.81. The maximum Gasteiger partial charge on any atom is 0.262 e. The number of ether oxygens (including phenoxy) is 1. The van der Waals surface area contributed by atoms with Crippen LogP contribution in [0.2, 0.25) is 0 Å². The Labute approximate surface area is 168 Å². The van der Waals surface area contributed by atoms with Crippen molar-refractivity contribution in [1.29, 1.82) is 0 Å². The molecule has 0 saturated carbocycles. The highest BCUT2D eigenvalue weighted by atomic mass is 19.1. The third-order valence-electron chi connectivity index (χ3n) is 4.22. The van der Waals surface area contributed by atoms with Gasteiger partial charge in [-0.1, -0.05) is 42.5 Å². The lowest BCUT2D eigenvalue weighted by Gasteiger charge is -2.19. The zero-order chi connectivity index (χ0) is 20.6. The molecule has 0 saturated heterocycles. The lowest BCUT2D eigenvalue weighted by atomic mass is 10.1. The maximum atomic E-state index is 12.9. The van der Waals surface area contributed by atoms with Gasteiger partial charge in [-0.2, -0.15) is 0 Å². The zero-order valence-corrected chi connectivity index (χ0v) is 16.0. The molecule has 6 heteroatoms. The Morgan fingerprint density at radius 2 is 1.59 bits per heavy atom. The first kappa shape index (κ1) is 20.1. The third-order valence-corrected chi connectivity index (χ3v) is 4.22. The molecule has 5 nitrogen and oxygen atoms in total. The molecule has 0 aliphatic rings. The first-order valence-electron chi connectivity index (χ1n) is 9.09. The molecule has 3 aromatic carbocycles. The second kappa shape index (κ2) is 9.50. The van der Waals surface area contributed by atoms with E-state index in [1.54, 1.807) is 36.2 Å². The van der Waals surface area contributed by atoms with Gasteiger partial charge in [0.25, 0.3) is 11.8 Å². The average molecular weight is 392 g/mol. The summed E-state index contributed by atoms with van der Waals surface area (Å²) in [7, 11) is 1.71. The second-order valence-electron chi connectivity index (χ2n) is 6.48. The molecule has 0 aliphatic heterocycles. The smallest absolute Gasteiger partial charge is 0.262 e. The van der Waals surface area contributed by atoms with Crippen LogP contribution in [-0.4, -0.2) is 30.4 Å². The van der Waals surface area contributed by atoms with Gasteiger partial charge in [0.2, 0.25) is 0 Å². The summed E-state index contributed by atoms with van der Waals surface area (Å²) < 4.78 is 18.3. The van der Waals surface area contributed by atoms with Gasteiger partial charge in [0, 0.05) is 13.6 Å².